The van der Waals surface area contributed by atoms with Crippen LogP contribution in [-0.4, -0.2) is 28.3 Å². The van der Waals surface area contributed by atoms with Gasteiger partial charge in [0.25, 0.3) is 0 Å². The number of aliphatic imine (C=N–C) groups is 1. The summed E-state index contributed by atoms with van der Waals surface area (Å²) in [5, 5.41) is 5.75. The largest absolute Gasteiger partial charge is 0.326 e. The van der Waals surface area contributed by atoms with Gasteiger partial charge >= 0.3 is 0 Å². The highest BCUT2D eigenvalue weighted by Gasteiger charge is 2.32. The van der Waals surface area contributed by atoms with Gasteiger partial charge in [-0.05, 0) is 60.2 Å². The van der Waals surface area contributed by atoms with Gasteiger partial charge in [-0.3, -0.25) is 14.6 Å². The Morgan fingerprint density at radius 2 is 2.14 bits per heavy atom. The number of nitrogens with one attached hydrogen (secondary N) is 2. The molecule has 1 saturated heterocycles. The molecule has 0 bridgehead atoms. The molecule has 5 nitrogen and oxygen atoms in total. The van der Waals surface area contributed by atoms with Gasteiger partial charge in [-0.25, -0.2) is 0 Å². The third kappa shape index (κ3) is 4.98. The van der Waals surface area contributed by atoms with Gasteiger partial charge in [0.15, 0.2) is 5.17 Å². The Kier molecular flexibility index (Phi) is 6.25. The Morgan fingerprint density at radius 1 is 1.45 bits per heavy atom. The number of benzene rings is 1. The number of hydrogen-bond donors (Lipinski definition) is 2. The summed E-state index contributed by atoms with van der Waals surface area (Å²) < 4.78 is 1.10. The molecule has 1 aromatic rings. The molecule has 0 unspecified atom stereocenters. The molecule has 1 aliphatic heterocycles. The maximum atomic E-state index is 12.0. The number of amides is 2. The molecule has 2 amide bonds. The number of rotatable bonds is 5. The van der Waals surface area contributed by atoms with Crippen LogP contribution >= 0.6 is 34.4 Å². The highest BCUT2D eigenvalue weighted by atomic mass is 127. The van der Waals surface area contributed by atoms with Crippen LogP contribution in [-0.2, 0) is 9.59 Å². The van der Waals surface area contributed by atoms with E-state index in [0.29, 0.717) is 5.17 Å². The Labute approximate surface area is 147 Å². The van der Waals surface area contributed by atoms with Gasteiger partial charge in [0, 0.05) is 21.7 Å². The Morgan fingerprint density at radius 3 is 2.77 bits per heavy atom. The van der Waals surface area contributed by atoms with Crippen LogP contribution in [0.2, 0.25) is 0 Å². The molecule has 1 heterocycles. The molecule has 2 N–H and O–H groups in total. The van der Waals surface area contributed by atoms with Crippen LogP contribution in [0.5, 0.6) is 0 Å². The van der Waals surface area contributed by atoms with Crippen molar-refractivity contribution in [2.45, 2.75) is 38.0 Å². The molecule has 7 heteroatoms. The van der Waals surface area contributed by atoms with E-state index >= 15 is 0 Å². The molecular formula is C15H18IN3O2S. The standard InChI is InChI=1S/C15H18IN3O2S/c1-3-9(2)17-15-19-14(21)12(22-15)8-13(20)18-11-6-4-10(16)5-7-11/h4-7,9,12H,3,8H2,1-2H3,(H,18,20)(H,17,19,21)/t9-,12+/m1/s1. The molecule has 118 valence electrons. The van der Waals surface area contributed by atoms with Crippen LogP contribution in [0.25, 0.3) is 0 Å². The summed E-state index contributed by atoms with van der Waals surface area (Å²) in [6.07, 6.45) is 1.06. The van der Waals surface area contributed by atoms with Crippen LogP contribution in [0.4, 0.5) is 5.69 Å². The molecule has 22 heavy (non-hydrogen) atoms. The minimum Gasteiger partial charge on any atom is -0.326 e. The lowest BCUT2D eigenvalue weighted by atomic mass is 10.2. The van der Waals surface area contributed by atoms with Gasteiger partial charge < -0.3 is 10.6 Å². The highest BCUT2D eigenvalue weighted by molar-refractivity contribution is 14.1. The van der Waals surface area contributed by atoms with E-state index in [-0.39, 0.29) is 24.3 Å². The van der Waals surface area contributed by atoms with E-state index in [1.54, 1.807) is 0 Å². The van der Waals surface area contributed by atoms with Gasteiger partial charge in [-0.1, -0.05) is 18.7 Å². The van der Waals surface area contributed by atoms with Crippen molar-refractivity contribution in [1.82, 2.24) is 5.32 Å². The summed E-state index contributed by atoms with van der Waals surface area (Å²) in [5.41, 5.74) is 0.738. The zero-order valence-electron chi connectivity index (χ0n) is 12.4. The van der Waals surface area contributed by atoms with E-state index in [1.807, 2.05) is 38.1 Å². The molecule has 2 rings (SSSR count). The summed E-state index contributed by atoms with van der Waals surface area (Å²) in [7, 11) is 0. The number of nitrogens with zero attached hydrogens (tertiary/aromatic N) is 1. The molecule has 0 saturated carbocycles. The number of halogens is 1. The van der Waals surface area contributed by atoms with Crippen molar-refractivity contribution in [2.24, 2.45) is 4.99 Å². The first kappa shape index (κ1) is 17.3. The third-order valence-electron chi connectivity index (χ3n) is 3.20. The van der Waals surface area contributed by atoms with Gasteiger partial charge in [0.1, 0.15) is 5.25 Å². The first-order valence-electron chi connectivity index (χ1n) is 7.08. The van der Waals surface area contributed by atoms with Crippen molar-refractivity contribution in [2.75, 3.05) is 5.32 Å². The third-order valence-corrected chi connectivity index (χ3v) is 5.02. The van der Waals surface area contributed by atoms with Crippen molar-refractivity contribution < 1.29 is 9.59 Å². The fourth-order valence-electron chi connectivity index (χ4n) is 1.81. The maximum absolute atomic E-state index is 12.0. The topological polar surface area (TPSA) is 70.6 Å². The SMILES string of the molecule is CC[C@@H](C)N=C1NC(=O)[C@H](CC(=O)Nc2ccc(I)cc2)S1. The molecule has 0 radical (unpaired) electrons. The average Bonchev–Trinajstić information content (AvgIpc) is 2.81. The molecule has 1 fully saturated rings. The Balaban J connectivity index is 1.90. The lowest BCUT2D eigenvalue weighted by molar-refractivity contribution is -0.122. The minimum absolute atomic E-state index is 0.141. The van der Waals surface area contributed by atoms with E-state index in [4.69, 9.17) is 0 Å². The van der Waals surface area contributed by atoms with Gasteiger partial charge in [-0.15, -0.1) is 0 Å². The van der Waals surface area contributed by atoms with Crippen molar-refractivity contribution in [3.05, 3.63) is 27.8 Å². The minimum atomic E-state index is -0.411. The number of thioether (sulfide) groups is 1. The Bertz CT molecular complexity index is 589. The normalized spacial score (nSPS) is 20.8. The number of carbonyl (C=O) groups excluding carboxylic acids is 2. The number of carbonyl (C=O) groups is 2. The van der Waals surface area contributed by atoms with E-state index < -0.39 is 5.25 Å². The lowest BCUT2D eigenvalue weighted by Gasteiger charge is -2.07. The monoisotopic (exact) mass is 431 g/mol. The summed E-state index contributed by atoms with van der Waals surface area (Å²) in [6, 6.07) is 7.70. The predicted molar refractivity (Wildman–Crippen MR) is 99.1 cm³/mol. The van der Waals surface area contributed by atoms with Crippen LogP contribution in [0.1, 0.15) is 26.7 Å². The van der Waals surface area contributed by atoms with E-state index in [1.165, 1.54) is 11.8 Å². The molecule has 0 aliphatic carbocycles. The molecule has 1 aromatic carbocycles. The quantitative estimate of drug-likeness (QED) is 0.705. The molecule has 1 aliphatic rings. The van der Waals surface area contributed by atoms with Gasteiger partial charge in [-0.2, -0.15) is 0 Å². The van der Waals surface area contributed by atoms with Gasteiger partial charge in [0.2, 0.25) is 11.8 Å². The van der Waals surface area contributed by atoms with Gasteiger partial charge in [0.05, 0.1) is 0 Å². The first-order valence-corrected chi connectivity index (χ1v) is 9.04. The van der Waals surface area contributed by atoms with E-state index in [9.17, 15) is 9.59 Å². The number of anilines is 1. The molecule has 2 atom stereocenters. The summed E-state index contributed by atoms with van der Waals surface area (Å²) in [4.78, 5) is 28.3. The maximum Gasteiger partial charge on any atom is 0.240 e. The molecule has 0 aromatic heterocycles. The smallest absolute Gasteiger partial charge is 0.240 e. The summed E-state index contributed by atoms with van der Waals surface area (Å²) in [6.45, 7) is 4.04. The van der Waals surface area contributed by atoms with Crippen LogP contribution in [0, 0.1) is 3.57 Å². The summed E-state index contributed by atoms with van der Waals surface area (Å²) >= 11 is 3.54. The fraction of sp³-hybridized carbons (Fsp3) is 0.400. The number of amidine groups is 1. The van der Waals surface area contributed by atoms with E-state index in [2.05, 4.69) is 38.2 Å². The van der Waals surface area contributed by atoms with E-state index in [0.717, 1.165) is 15.7 Å². The second kappa shape index (κ2) is 7.96. The fourth-order valence-corrected chi connectivity index (χ4v) is 3.24. The highest BCUT2D eigenvalue weighted by Crippen LogP contribution is 2.23. The van der Waals surface area contributed by atoms with Crippen molar-refractivity contribution in [3.8, 4) is 0 Å². The molecular weight excluding hydrogens is 413 g/mol. The average molecular weight is 431 g/mol. The van der Waals surface area contributed by atoms with Crippen LogP contribution in [0.15, 0.2) is 29.3 Å². The van der Waals surface area contributed by atoms with Crippen LogP contribution < -0.4 is 10.6 Å². The van der Waals surface area contributed by atoms with Crippen molar-refractivity contribution in [1.29, 1.82) is 0 Å². The predicted octanol–water partition coefficient (Wildman–Crippen LogP) is 3.01. The van der Waals surface area contributed by atoms with Crippen molar-refractivity contribution >= 4 is 57.0 Å². The second-order valence-electron chi connectivity index (χ2n) is 5.05. The molecule has 0 spiro atoms. The second-order valence-corrected chi connectivity index (χ2v) is 7.48. The Hall–Kier alpha value is -1.09. The lowest BCUT2D eigenvalue weighted by Crippen LogP contribution is -2.28. The number of hydrogen-bond acceptors (Lipinski definition) is 4. The summed E-state index contributed by atoms with van der Waals surface area (Å²) in [5.74, 6) is -0.316. The zero-order chi connectivity index (χ0) is 16.1. The zero-order valence-corrected chi connectivity index (χ0v) is 15.4. The first-order chi connectivity index (χ1) is 10.5. The van der Waals surface area contributed by atoms with Crippen molar-refractivity contribution in [3.63, 3.8) is 0 Å². The van der Waals surface area contributed by atoms with Crippen LogP contribution in [0.3, 0.4) is 0 Å².